The van der Waals surface area contributed by atoms with Crippen LogP contribution in [0.25, 0.3) is 0 Å². The number of ether oxygens (including phenoxy) is 1. The second kappa shape index (κ2) is 6.75. The van der Waals surface area contributed by atoms with Crippen LogP contribution in [0.5, 0.6) is 5.75 Å². The van der Waals surface area contributed by atoms with E-state index in [9.17, 15) is 0 Å². The minimum atomic E-state index is 0.172. The summed E-state index contributed by atoms with van der Waals surface area (Å²) < 4.78 is 5.87. The van der Waals surface area contributed by atoms with Crippen LogP contribution in [0.15, 0.2) is 18.3 Å². The maximum Gasteiger partial charge on any atom is 0.171 e. The predicted octanol–water partition coefficient (Wildman–Crippen LogP) is 2.45. The minimum absolute atomic E-state index is 0.172. The van der Waals surface area contributed by atoms with E-state index in [1.54, 1.807) is 0 Å². The number of aromatic nitrogens is 1. The van der Waals surface area contributed by atoms with Gasteiger partial charge in [-0.2, -0.15) is 0 Å². The first-order valence-electron chi connectivity index (χ1n) is 7.30. The molecule has 1 atom stereocenters. The molecule has 4 nitrogen and oxygen atoms in total. The fourth-order valence-electron chi connectivity index (χ4n) is 2.51. The molecular weight excluding hydrogens is 238 g/mol. The molecule has 1 N–H and O–H groups in total. The lowest BCUT2D eigenvalue weighted by Gasteiger charge is -2.27. The molecule has 0 radical (unpaired) electrons. The van der Waals surface area contributed by atoms with Crippen LogP contribution in [0.1, 0.15) is 33.6 Å². The van der Waals surface area contributed by atoms with Crippen LogP contribution in [-0.2, 0) is 0 Å². The van der Waals surface area contributed by atoms with Gasteiger partial charge in [0.1, 0.15) is 0 Å². The Hall–Kier alpha value is -1.29. The molecule has 1 aromatic heterocycles. The molecule has 0 saturated carbocycles. The van der Waals surface area contributed by atoms with Gasteiger partial charge in [-0.3, -0.25) is 0 Å². The molecule has 2 rings (SSSR count). The summed E-state index contributed by atoms with van der Waals surface area (Å²) in [6.45, 7) is 9.35. The van der Waals surface area contributed by atoms with Gasteiger partial charge in [0.25, 0.3) is 0 Å². The molecule has 1 aliphatic rings. The first kappa shape index (κ1) is 14.1. The predicted molar refractivity (Wildman–Crippen MR) is 78.9 cm³/mol. The summed E-state index contributed by atoms with van der Waals surface area (Å²) in [4.78, 5) is 6.82. The zero-order valence-electron chi connectivity index (χ0n) is 12.2. The first-order valence-corrected chi connectivity index (χ1v) is 7.30. The highest BCUT2D eigenvalue weighted by atomic mass is 16.5. The van der Waals surface area contributed by atoms with Crippen molar-refractivity contribution in [2.75, 3.05) is 24.5 Å². The van der Waals surface area contributed by atoms with Crippen molar-refractivity contribution in [1.82, 2.24) is 10.3 Å². The number of hydrogen-bond donors (Lipinski definition) is 1. The monoisotopic (exact) mass is 263 g/mol. The fourth-order valence-corrected chi connectivity index (χ4v) is 2.51. The summed E-state index contributed by atoms with van der Waals surface area (Å²) in [5, 5.41) is 3.54. The lowest BCUT2D eigenvalue weighted by Crippen LogP contribution is -2.38. The van der Waals surface area contributed by atoms with Crippen LogP contribution in [-0.4, -0.2) is 36.8 Å². The van der Waals surface area contributed by atoms with Gasteiger partial charge < -0.3 is 15.0 Å². The largest absolute Gasteiger partial charge is 0.487 e. The number of rotatable bonds is 6. The third-order valence-corrected chi connectivity index (χ3v) is 3.40. The Kier molecular flexibility index (Phi) is 5.02. The van der Waals surface area contributed by atoms with E-state index in [2.05, 4.69) is 22.1 Å². The van der Waals surface area contributed by atoms with E-state index >= 15 is 0 Å². The molecule has 1 aliphatic heterocycles. The van der Waals surface area contributed by atoms with Gasteiger partial charge in [-0.1, -0.05) is 0 Å². The molecule has 0 aliphatic carbocycles. The van der Waals surface area contributed by atoms with E-state index in [-0.39, 0.29) is 6.10 Å². The van der Waals surface area contributed by atoms with Crippen LogP contribution in [0.4, 0.5) is 5.82 Å². The summed E-state index contributed by atoms with van der Waals surface area (Å²) in [5.41, 5.74) is 0. The second-order valence-corrected chi connectivity index (χ2v) is 5.32. The molecule has 1 aromatic rings. The Morgan fingerprint density at radius 1 is 1.53 bits per heavy atom. The van der Waals surface area contributed by atoms with Crippen molar-refractivity contribution in [3.63, 3.8) is 0 Å². The highest BCUT2D eigenvalue weighted by Gasteiger charge is 2.20. The van der Waals surface area contributed by atoms with E-state index in [0.29, 0.717) is 6.04 Å². The molecule has 4 heteroatoms. The quantitative estimate of drug-likeness (QED) is 0.855. The molecule has 1 fully saturated rings. The van der Waals surface area contributed by atoms with Gasteiger partial charge in [-0.25, -0.2) is 4.98 Å². The van der Waals surface area contributed by atoms with Crippen LogP contribution in [0.2, 0.25) is 0 Å². The number of pyridine rings is 1. The number of hydrogen-bond acceptors (Lipinski definition) is 4. The lowest BCUT2D eigenvalue weighted by atomic mass is 10.2. The summed E-state index contributed by atoms with van der Waals surface area (Å²) in [5.74, 6) is 1.85. The van der Waals surface area contributed by atoms with Crippen LogP contribution >= 0.6 is 0 Å². The Bertz CT molecular complexity index is 389. The molecule has 0 amide bonds. The zero-order chi connectivity index (χ0) is 13.7. The summed E-state index contributed by atoms with van der Waals surface area (Å²) >= 11 is 0. The molecule has 0 spiro atoms. The Balaban J connectivity index is 2.12. The number of likely N-dealkylation sites (N-methyl/N-ethyl adjacent to an activating group) is 1. The summed E-state index contributed by atoms with van der Waals surface area (Å²) in [7, 11) is 0. The number of nitrogens with zero attached hydrogens (tertiary/aromatic N) is 2. The molecule has 0 bridgehead atoms. The highest BCUT2D eigenvalue weighted by Crippen LogP contribution is 2.26. The molecule has 1 unspecified atom stereocenters. The third kappa shape index (κ3) is 3.83. The maximum atomic E-state index is 5.87. The standard InChI is InChI=1S/C15H25N3O/c1-4-18(11-13-7-5-9-16-13)15-14(19-12(2)3)8-6-10-17-15/h6,8,10,12-13,16H,4-5,7,9,11H2,1-3H3. The smallest absolute Gasteiger partial charge is 0.171 e. The van der Waals surface area contributed by atoms with Crippen molar-refractivity contribution >= 4 is 5.82 Å². The zero-order valence-corrected chi connectivity index (χ0v) is 12.2. The topological polar surface area (TPSA) is 37.4 Å². The van der Waals surface area contributed by atoms with Crippen molar-refractivity contribution in [3.8, 4) is 5.75 Å². The molecule has 106 valence electrons. The Morgan fingerprint density at radius 3 is 3.00 bits per heavy atom. The first-order chi connectivity index (χ1) is 9.20. The molecule has 19 heavy (non-hydrogen) atoms. The maximum absolute atomic E-state index is 5.87. The van der Waals surface area contributed by atoms with Crippen molar-refractivity contribution < 1.29 is 4.74 Å². The second-order valence-electron chi connectivity index (χ2n) is 5.32. The van der Waals surface area contributed by atoms with E-state index in [0.717, 1.165) is 31.2 Å². The lowest BCUT2D eigenvalue weighted by molar-refractivity contribution is 0.242. The van der Waals surface area contributed by atoms with Gasteiger partial charge in [0, 0.05) is 25.3 Å². The van der Waals surface area contributed by atoms with Gasteiger partial charge in [-0.05, 0) is 52.3 Å². The minimum Gasteiger partial charge on any atom is -0.487 e. The van der Waals surface area contributed by atoms with Crippen molar-refractivity contribution in [1.29, 1.82) is 0 Å². The van der Waals surface area contributed by atoms with Crippen LogP contribution in [0.3, 0.4) is 0 Å². The molecule has 1 saturated heterocycles. The number of anilines is 1. The van der Waals surface area contributed by atoms with Crippen LogP contribution in [0, 0.1) is 0 Å². The molecule has 2 heterocycles. The van der Waals surface area contributed by atoms with Crippen molar-refractivity contribution in [3.05, 3.63) is 18.3 Å². The van der Waals surface area contributed by atoms with Crippen LogP contribution < -0.4 is 15.0 Å². The summed E-state index contributed by atoms with van der Waals surface area (Å²) in [6.07, 6.45) is 4.54. The Labute approximate surface area is 116 Å². The van der Waals surface area contributed by atoms with Gasteiger partial charge in [-0.15, -0.1) is 0 Å². The highest BCUT2D eigenvalue weighted by molar-refractivity contribution is 5.52. The normalized spacial score (nSPS) is 18.8. The summed E-state index contributed by atoms with van der Waals surface area (Å²) in [6, 6.07) is 4.52. The van der Waals surface area contributed by atoms with Gasteiger partial charge in [0.2, 0.25) is 0 Å². The fraction of sp³-hybridized carbons (Fsp3) is 0.667. The number of nitrogens with one attached hydrogen (secondary N) is 1. The van der Waals surface area contributed by atoms with E-state index in [4.69, 9.17) is 4.74 Å². The third-order valence-electron chi connectivity index (χ3n) is 3.40. The van der Waals surface area contributed by atoms with E-state index in [1.807, 2.05) is 32.2 Å². The van der Waals surface area contributed by atoms with Crippen molar-refractivity contribution in [2.45, 2.75) is 45.8 Å². The average molecular weight is 263 g/mol. The van der Waals surface area contributed by atoms with Gasteiger partial charge in [0.05, 0.1) is 6.10 Å². The van der Waals surface area contributed by atoms with Gasteiger partial charge in [0.15, 0.2) is 11.6 Å². The Morgan fingerprint density at radius 2 is 2.37 bits per heavy atom. The molecular formula is C15H25N3O. The SMILES string of the molecule is CCN(CC1CCCN1)c1ncccc1OC(C)C. The molecule has 0 aromatic carbocycles. The van der Waals surface area contributed by atoms with E-state index < -0.39 is 0 Å². The van der Waals surface area contributed by atoms with Crippen molar-refractivity contribution in [2.24, 2.45) is 0 Å². The van der Waals surface area contributed by atoms with Gasteiger partial charge >= 0.3 is 0 Å². The average Bonchev–Trinajstić information content (AvgIpc) is 2.89. The van der Waals surface area contributed by atoms with E-state index in [1.165, 1.54) is 12.8 Å².